The lowest BCUT2D eigenvalue weighted by atomic mass is 10.2. The second-order valence-electron chi connectivity index (χ2n) is 7.65. The molecule has 1 aromatic heterocycles. The second kappa shape index (κ2) is 8.54. The number of hydrogen-bond acceptors (Lipinski definition) is 5. The summed E-state index contributed by atoms with van der Waals surface area (Å²) < 4.78 is 30.3. The molecule has 0 bridgehead atoms. The number of anilines is 1. The van der Waals surface area contributed by atoms with Crippen LogP contribution in [0.25, 0.3) is 10.9 Å². The molecule has 1 fully saturated rings. The van der Waals surface area contributed by atoms with Gasteiger partial charge in [-0.05, 0) is 49.7 Å². The van der Waals surface area contributed by atoms with E-state index < -0.39 is 15.9 Å². The Morgan fingerprint density at radius 1 is 1.16 bits per heavy atom. The molecule has 2 aromatic carbocycles. The monoisotopic (exact) mass is 453 g/mol. The van der Waals surface area contributed by atoms with Crippen molar-refractivity contribution in [3.8, 4) is 0 Å². The van der Waals surface area contributed by atoms with Gasteiger partial charge >= 0.3 is 0 Å². The van der Waals surface area contributed by atoms with E-state index in [4.69, 9.17) is 0 Å². The number of para-hydroxylation sites is 1. The second-order valence-corrected chi connectivity index (χ2v) is 9.25. The first-order valence-electron chi connectivity index (χ1n) is 10.2. The largest absolute Gasteiger partial charge is 0.362 e. The van der Waals surface area contributed by atoms with Crippen molar-refractivity contribution in [2.75, 3.05) is 18.9 Å². The molecule has 0 unspecified atom stereocenters. The van der Waals surface area contributed by atoms with Crippen LogP contribution in [-0.4, -0.2) is 48.2 Å². The summed E-state index contributed by atoms with van der Waals surface area (Å²) in [5.74, 6) is 0.559. The zero-order valence-electron chi connectivity index (χ0n) is 17.8. The van der Waals surface area contributed by atoms with Crippen molar-refractivity contribution in [1.29, 1.82) is 0 Å². The van der Waals surface area contributed by atoms with E-state index in [-0.39, 0.29) is 17.0 Å². The third kappa shape index (κ3) is 4.40. The van der Waals surface area contributed by atoms with Crippen LogP contribution >= 0.6 is 0 Å². The fourth-order valence-electron chi connectivity index (χ4n) is 3.62. The fourth-order valence-corrected chi connectivity index (χ4v) is 4.71. The van der Waals surface area contributed by atoms with Crippen LogP contribution in [0.3, 0.4) is 0 Å². The van der Waals surface area contributed by atoms with Gasteiger partial charge in [-0.2, -0.15) is 8.42 Å². The van der Waals surface area contributed by atoms with Crippen molar-refractivity contribution in [2.45, 2.75) is 31.2 Å². The molecule has 0 saturated carbocycles. The first kappa shape index (κ1) is 21.7. The van der Waals surface area contributed by atoms with E-state index in [0.717, 1.165) is 13.0 Å². The fraction of sp³-hybridized carbons (Fsp3) is 0.273. The van der Waals surface area contributed by atoms with Gasteiger partial charge in [0, 0.05) is 25.7 Å². The van der Waals surface area contributed by atoms with Crippen molar-refractivity contribution in [3.05, 3.63) is 64.7 Å². The highest BCUT2D eigenvalue weighted by Gasteiger charge is 2.20. The number of rotatable bonds is 5. The van der Waals surface area contributed by atoms with Crippen LogP contribution in [-0.2, 0) is 21.4 Å². The van der Waals surface area contributed by atoms with E-state index in [1.807, 2.05) is 11.9 Å². The summed E-state index contributed by atoms with van der Waals surface area (Å²) in [5.41, 5.74) is 0.704. The van der Waals surface area contributed by atoms with E-state index in [2.05, 4.69) is 14.7 Å². The highest BCUT2D eigenvalue weighted by molar-refractivity contribution is 7.90. The van der Waals surface area contributed by atoms with Gasteiger partial charge in [0.25, 0.3) is 15.6 Å². The number of amidine groups is 1. The Bertz CT molecular complexity index is 1380. The predicted octanol–water partition coefficient (Wildman–Crippen LogP) is 2.16. The molecule has 9 nitrogen and oxygen atoms in total. The number of likely N-dealkylation sites (tertiary alicyclic amines) is 1. The zero-order valence-corrected chi connectivity index (χ0v) is 18.6. The Balaban J connectivity index is 1.49. The molecule has 0 spiro atoms. The van der Waals surface area contributed by atoms with E-state index >= 15 is 0 Å². The highest BCUT2D eigenvalue weighted by atomic mass is 32.2. The van der Waals surface area contributed by atoms with Crippen molar-refractivity contribution in [2.24, 2.45) is 4.40 Å². The van der Waals surface area contributed by atoms with Gasteiger partial charge < -0.3 is 10.2 Å². The zero-order chi connectivity index (χ0) is 22.9. The summed E-state index contributed by atoms with van der Waals surface area (Å²) in [5, 5.41) is 3.13. The lowest BCUT2D eigenvalue weighted by Crippen LogP contribution is -2.30. The van der Waals surface area contributed by atoms with Crippen LogP contribution in [0.1, 0.15) is 18.7 Å². The van der Waals surface area contributed by atoms with E-state index in [1.165, 1.54) is 28.8 Å². The van der Waals surface area contributed by atoms with Crippen LogP contribution in [0.4, 0.5) is 5.69 Å². The summed E-state index contributed by atoms with van der Waals surface area (Å²) in [6.45, 7) is 2.25. The minimum absolute atomic E-state index is 0.0501. The average molecular weight is 454 g/mol. The van der Waals surface area contributed by atoms with Crippen LogP contribution in [0.2, 0.25) is 0 Å². The molecule has 1 saturated heterocycles. The topological polar surface area (TPSA) is 114 Å². The lowest BCUT2D eigenvalue weighted by Gasteiger charge is -2.12. The van der Waals surface area contributed by atoms with Gasteiger partial charge in [0.15, 0.2) is 0 Å². The third-order valence-electron chi connectivity index (χ3n) is 5.35. The van der Waals surface area contributed by atoms with Crippen molar-refractivity contribution >= 4 is 38.4 Å². The maximum Gasteiger partial charge on any atom is 0.283 e. The molecule has 166 valence electrons. The molecule has 0 aliphatic carbocycles. The summed E-state index contributed by atoms with van der Waals surface area (Å²) in [6, 6.07) is 12.8. The number of benzene rings is 2. The predicted molar refractivity (Wildman–Crippen MR) is 122 cm³/mol. The Kier molecular flexibility index (Phi) is 5.79. The lowest BCUT2D eigenvalue weighted by molar-refractivity contribution is -0.116. The maximum absolute atomic E-state index is 12.7. The van der Waals surface area contributed by atoms with Gasteiger partial charge in [-0.1, -0.05) is 12.1 Å². The molecular formula is C22H23N5O4S. The molecule has 0 radical (unpaired) electrons. The van der Waals surface area contributed by atoms with Crippen LogP contribution in [0.15, 0.2) is 62.6 Å². The number of carbonyl (C=O) groups is 1. The normalized spacial score (nSPS) is 15.4. The number of nitrogens with zero attached hydrogens (tertiary/aromatic N) is 4. The van der Waals surface area contributed by atoms with E-state index in [1.54, 1.807) is 31.2 Å². The van der Waals surface area contributed by atoms with Crippen molar-refractivity contribution in [3.63, 3.8) is 0 Å². The van der Waals surface area contributed by atoms with E-state index in [9.17, 15) is 18.0 Å². The van der Waals surface area contributed by atoms with Gasteiger partial charge in [0.1, 0.15) is 18.2 Å². The molecule has 1 aliphatic heterocycles. The molecule has 32 heavy (non-hydrogen) atoms. The minimum atomic E-state index is -3.82. The Hall–Kier alpha value is -3.53. The first-order valence-corrected chi connectivity index (χ1v) is 11.6. The molecule has 4 rings (SSSR count). The van der Waals surface area contributed by atoms with Gasteiger partial charge in [0.2, 0.25) is 5.91 Å². The quantitative estimate of drug-likeness (QED) is 0.633. The number of nitrogens with one attached hydrogen (secondary N) is 1. The Morgan fingerprint density at radius 3 is 2.56 bits per heavy atom. The molecule has 0 atom stereocenters. The highest BCUT2D eigenvalue weighted by Crippen LogP contribution is 2.19. The molecule has 2 heterocycles. The minimum Gasteiger partial charge on any atom is -0.362 e. The summed E-state index contributed by atoms with van der Waals surface area (Å²) in [4.78, 5) is 31.5. The van der Waals surface area contributed by atoms with Gasteiger partial charge in [-0.3, -0.25) is 14.2 Å². The van der Waals surface area contributed by atoms with Crippen molar-refractivity contribution in [1.82, 2.24) is 14.5 Å². The van der Waals surface area contributed by atoms with Crippen LogP contribution in [0, 0.1) is 6.92 Å². The van der Waals surface area contributed by atoms with Gasteiger partial charge in [0.05, 0.1) is 15.8 Å². The number of fused-ring (bicyclic) bond motifs is 1. The molecular weight excluding hydrogens is 430 g/mol. The van der Waals surface area contributed by atoms with Crippen LogP contribution < -0.4 is 10.9 Å². The molecule has 1 amide bonds. The first-order chi connectivity index (χ1) is 15.2. The number of aryl methyl sites for hydroxylation is 1. The van der Waals surface area contributed by atoms with Gasteiger partial charge in [-0.25, -0.2) is 4.98 Å². The third-order valence-corrected chi connectivity index (χ3v) is 6.67. The molecule has 1 N–H and O–H groups in total. The van der Waals surface area contributed by atoms with E-state index in [0.29, 0.717) is 34.7 Å². The molecule has 10 heteroatoms. The Labute approximate surface area is 185 Å². The number of hydrogen-bond donors (Lipinski definition) is 1. The van der Waals surface area contributed by atoms with Gasteiger partial charge in [-0.15, -0.1) is 4.40 Å². The average Bonchev–Trinajstić information content (AvgIpc) is 3.15. The molecule has 1 aliphatic rings. The number of sulfonamides is 1. The number of aromatic nitrogens is 2. The number of carbonyl (C=O) groups excluding carboxylic acids is 1. The smallest absolute Gasteiger partial charge is 0.283 e. The summed E-state index contributed by atoms with van der Waals surface area (Å²) in [6.07, 6.45) is 1.51. The molecule has 3 aromatic rings. The summed E-state index contributed by atoms with van der Waals surface area (Å²) >= 11 is 0. The number of amides is 1. The Morgan fingerprint density at radius 2 is 1.88 bits per heavy atom. The van der Waals surface area contributed by atoms with Crippen molar-refractivity contribution < 1.29 is 13.2 Å². The standard InChI is InChI=1S/C22H23N5O4S/c1-15-23-19-7-4-3-6-18(19)22(29)27(15)14-21(28)24-16-9-11-17(12-10-16)32(30,31)25-20-8-5-13-26(20)2/h3-4,6-7,9-12H,5,8,13-14H2,1-2H3,(H,24,28)/b25-20+. The summed E-state index contributed by atoms with van der Waals surface area (Å²) in [7, 11) is -2.00. The maximum atomic E-state index is 12.7. The SMILES string of the molecule is Cc1nc2ccccc2c(=O)n1CC(=O)Nc1ccc(S(=O)(=O)/N=C2\CCCN2C)cc1. The van der Waals surface area contributed by atoms with Crippen LogP contribution in [0.5, 0.6) is 0 Å².